The van der Waals surface area contributed by atoms with Crippen LogP contribution in [0.1, 0.15) is 31.4 Å². The van der Waals surface area contributed by atoms with Crippen LogP contribution >= 0.6 is 0 Å². The summed E-state index contributed by atoms with van der Waals surface area (Å²) in [5, 5.41) is 0. The van der Waals surface area contributed by atoms with Crippen LogP contribution in [0.25, 0.3) is 0 Å². The topological polar surface area (TPSA) is 29.3 Å². The zero-order valence-electron chi connectivity index (χ0n) is 10.9. The molecule has 0 unspecified atom stereocenters. The maximum absolute atomic E-state index is 5.37. The Balaban J connectivity index is 2.70. The Kier molecular flexibility index (Phi) is 6.39. The minimum Gasteiger partial charge on any atom is -0.320 e. The maximum Gasteiger partial charge on any atom is 0.0555 e. The van der Waals surface area contributed by atoms with Crippen molar-refractivity contribution in [2.24, 2.45) is 5.73 Å². The van der Waals surface area contributed by atoms with Gasteiger partial charge in [0.2, 0.25) is 0 Å². The van der Waals surface area contributed by atoms with Crippen LogP contribution in [0.2, 0.25) is 0 Å². The molecule has 2 nitrogen and oxygen atoms in total. The molecule has 1 aromatic carbocycles. The molecule has 1 rings (SSSR count). The van der Waals surface area contributed by atoms with E-state index in [4.69, 9.17) is 5.73 Å². The quantitative estimate of drug-likeness (QED) is 0.786. The first-order chi connectivity index (χ1) is 8.30. The lowest BCUT2D eigenvalue weighted by Gasteiger charge is -2.19. The van der Waals surface area contributed by atoms with Crippen molar-refractivity contribution in [3.05, 3.63) is 35.4 Å². The third-order valence-electron chi connectivity index (χ3n) is 2.65. The summed E-state index contributed by atoms with van der Waals surface area (Å²) >= 11 is 0. The van der Waals surface area contributed by atoms with Crippen LogP contribution in [0.3, 0.4) is 0 Å². The average molecular weight is 230 g/mol. The van der Waals surface area contributed by atoms with Gasteiger partial charge in [-0.05, 0) is 37.2 Å². The summed E-state index contributed by atoms with van der Waals surface area (Å²) in [6.45, 7) is 8.07. The molecule has 0 saturated carbocycles. The van der Waals surface area contributed by atoms with E-state index < -0.39 is 0 Å². The van der Waals surface area contributed by atoms with Gasteiger partial charge in [0.25, 0.3) is 0 Å². The van der Waals surface area contributed by atoms with Gasteiger partial charge in [-0.3, -0.25) is 4.90 Å². The van der Waals surface area contributed by atoms with Crippen molar-refractivity contribution in [3.63, 3.8) is 0 Å². The molecule has 0 fully saturated rings. The molecule has 0 atom stereocenters. The second-order valence-electron chi connectivity index (χ2n) is 4.08. The molecule has 0 aromatic heterocycles. The first-order valence-corrected chi connectivity index (χ1v) is 6.30. The lowest BCUT2D eigenvalue weighted by Crippen LogP contribution is -2.23. The van der Waals surface area contributed by atoms with Crippen molar-refractivity contribution in [2.45, 2.75) is 26.8 Å². The molecule has 92 valence electrons. The Morgan fingerprint density at radius 3 is 2.76 bits per heavy atom. The largest absolute Gasteiger partial charge is 0.320 e. The highest BCUT2D eigenvalue weighted by molar-refractivity contribution is 5.37. The average Bonchev–Trinajstić information content (AvgIpc) is 2.36. The van der Waals surface area contributed by atoms with E-state index in [-0.39, 0.29) is 0 Å². The molecule has 0 heterocycles. The van der Waals surface area contributed by atoms with Gasteiger partial charge >= 0.3 is 0 Å². The first-order valence-electron chi connectivity index (χ1n) is 6.30. The number of hydrogen-bond acceptors (Lipinski definition) is 2. The van der Waals surface area contributed by atoms with E-state index in [0.29, 0.717) is 6.54 Å². The van der Waals surface area contributed by atoms with Gasteiger partial charge in [0.05, 0.1) is 6.54 Å². The molecule has 1 aromatic rings. The van der Waals surface area contributed by atoms with Crippen LogP contribution in [-0.2, 0) is 6.54 Å². The number of rotatable bonds is 5. The Hall–Kier alpha value is -1.30. The molecule has 2 heteroatoms. The van der Waals surface area contributed by atoms with Crippen LogP contribution < -0.4 is 5.73 Å². The Morgan fingerprint density at radius 2 is 2.12 bits per heavy atom. The van der Waals surface area contributed by atoms with Crippen LogP contribution in [0, 0.1) is 11.8 Å². The summed E-state index contributed by atoms with van der Waals surface area (Å²) in [6.07, 6.45) is 1.19. The van der Waals surface area contributed by atoms with Crippen LogP contribution in [0.4, 0.5) is 0 Å². The van der Waals surface area contributed by atoms with E-state index in [1.165, 1.54) is 12.0 Å². The molecular weight excluding hydrogens is 208 g/mol. The summed E-state index contributed by atoms with van der Waals surface area (Å²) < 4.78 is 0. The Labute approximate surface area is 105 Å². The van der Waals surface area contributed by atoms with Gasteiger partial charge in [0.1, 0.15) is 0 Å². The van der Waals surface area contributed by atoms with Crippen LogP contribution in [0.15, 0.2) is 24.3 Å². The Morgan fingerprint density at radius 1 is 1.29 bits per heavy atom. The predicted molar refractivity (Wildman–Crippen MR) is 73.6 cm³/mol. The first kappa shape index (κ1) is 13.8. The molecule has 0 spiro atoms. The van der Waals surface area contributed by atoms with E-state index in [9.17, 15) is 0 Å². The maximum atomic E-state index is 5.37. The highest BCUT2D eigenvalue weighted by Crippen LogP contribution is 2.08. The number of benzene rings is 1. The van der Waals surface area contributed by atoms with Gasteiger partial charge in [-0.2, -0.15) is 0 Å². The zero-order chi connectivity index (χ0) is 12.5. The molecular formula is C15H22N2. The number of hydrogen-bond donors (Lipinski definition) is 1. The molecule has 0 radical (unpaired) electrons. The minimum absolute atomic E-state index is 0.418. The lowest BCUT2D eigenvalue weighted by molar-refractivity contribution is 0.280. The smallest absolute Gasteiger partial charge is 0.0555 e. The molecule has 17 heavy (non-hydrogen) atoms. The summed E-state index contributed by atoms with van der Waals surface area (Å²) in [6, 6.07) is 8.41. The van der Waals surface area contributed by atoms with Gasteiger partial charge in [-0.15, -0.1) is 0 Å². The van der Waals surface area contributed by atoms with E-state index in [1.54, 1.807) is 0 Å². The van der Waals surface area contributed by atoms with Crippen molar-refractivity contribution in [1.82, 2.24) is 4.90 Å². The van der Waals surface area contributed by atoms with Crippen LogP contribution in [-0.4, -0.2) is 24.5 Å². The Bertz CT molecular complexity index is 387. The molecule has 0 aliphatic heterocycles. The fourth-order valence-corrected chi connectivity index (χ4v) is 1.82. The predicted octanol–water partition coefficient (Wildman–Crippen LogP) is 2.23. The van der Waals surface area contributed by atoms with Crippen molar-refractivity contribution in [2.75, 3.05) is 19.6 Å². The zero-order valence-corrected chi connectivity index (χ0v) is 10.9. The van der Waals surface area contributed by atoms with Gasteiger partial charge in [0, 0.05) is 12.1 Å². The molecule has 2 N–H and O–H groups in total. The van der Waals surface area contributed by atoms with Crippen molar-refractivity contribution >= 4 is 0 Å². The highest BCUT2D eigenvalue weighted by Gasteiger charge is 2.02. The number of nitrogens with zero attached hydrogens (tertiary/aromatic N) is 1. The highest BCUT2D eigenvalue weighted by atomic mass is 15.1. The summed E-state index contributed by atoms with van der Waals surface area (Å²) in [7, 11) is 0. The summed E-state index contributed by atoms with van der Waals surface area (Å²) in [5.41, 5.74) is 7.75. The molecule has 0 bridgehead atoms. The fraction of sp³-hybridized carbons (Fsp3) is 0.467. The van der Waals surface area contributed by atoms with E-state index in [2.05, 4.69) is 48.8 Å². The summed E-state index contributed by atoms with van der Waals surface area (Å²) in [5.74, 6) is 5.96. The normalized spacial score (nSPS) is 10.1. The van der Waals surface area contributed by atoms with E-state index in [1.807, 2.05) is 6.07 Å². The lowest BCUT2D eigenvalue weighted by atomic mass is 10.1. The van der Waals surface area contributed by atoms with E-state index in [0.717, 1.165) is 25.2 Å². The third-order valence-corrected chi connectivity index (χ3v) is 2.65. The monoisotopic (exact) mass is 230 g/mol. The van der Waals surface area contributed by atoms with Crippen LogP contribution in [0.5, 0.6) is 0 Å². The second-order valence-corrected chi connectivity index (χ2v) is 4.08. The molecule has 0 saturated heterocycles. The second kappa shape index (κ2) is 7.89. The molecule has 0 aliphatic carbocycles. The minimum atomic E-state index is 0.418. The van der Waals surface area contributed by atoms with Gasteiger partial charge in [0.15, 0.2) is 0 Å². The van der Waals surface area contributed by atoms with Crippen molar-refractivity contribution in [1.29, 1.82) is 0 Å². The third kappa shape index (κ3) is 5.04. The fourth-order valence-electron chi connectivity index (χ4n) is 1.82. The summed E-state index contributed by atoms with van der Waals surface area (Å²) in [4.78, 5) is 2.44. The standard InChI is InChI=1S/C15H22N2/c1-3-11-17(4-2)13-15-8-5-7-14(12-15)9-6-10-16/h5,7-8,12H,3-4,10-11,13,16H2,1-2H3. The van der Waals surface area contributed by atoms with E-state index >= 15 is 0 Å². The van der Waals surface area contributed by atoms with Gasteiger partial charge < -0.3 is 5.73 Å². The molecule has 0 amide bonds. The van der Waals surface area contributed by atoms with Gasteiger partial charge in [-0.1, -0.05) is 37.8 Å². The van der Waals surface area contributed by atoms with Crippen molar-refractivity contribution in [3.8, 4) is 11.8 Å². The molecule has 0 aliphatic rings. The SMILES string of the molecule is CCCN(CC)Cc1cccc(C#CCN)c1. The van der Waals surface area contributed by atoms with Crippen molar-refractivity contribution < 1.29 is 0 Å². The number of nitrogens with two attached hydrogens (primary N) is 1. The van der Waals surface area contributed by atoms with Gasteiger partial charge in [-0.25, -0.2) is 0 Å².